The maximum atomic E-state index is 8.75. The van der Waals surface area contributed by atoms with Crippen molar-refractivity contribution >= 4 is 5.84 Å². The molecule has 0 atom stereocenters. The minimum Gasteiger partial charge on any atom is -0.386 e. The highest BCUT2D eigenvalue weighted by atomic mass is 15.5. The van der Waals surface area contributed by atoms with Crippen LogP contribution in [-0.4, -0.2) is 17.4 Å². The third-order valence-electron chi connectivity index (χ3n) is 2.32. The van der Waals surface area contributed by atoms with E-state index < -0.39 is 0 Å². The number of hydrogen-bond acceptors (Lipinski definition) is 4. The average molecular weight is 200 g/mol. The monoisotopic (exact) mass is 200 g/mol. The first-order chi connectivity index (χ1) is 7.28. The van der Waals surface area contributed by atoms with Crippen LogP contribution in [0.2, 0.25) is 0 Å². The summed E-state index contributed by atoms with van der Waals surface area (Å²) in [5.41, 5.74) is 7.37. The van der Waals surface area contributed by atoms with E-state index >= 15 is 0 Å². The number of amidine groups is 1. The molecule has 4 nitrogen and oxygen atoms in total. The Morgan fingerprint density at radius 1 is 1.53 bits per heavy atom. The van der Waals surface area contributed by atoms with Crippen LogP contribution in [0.3, 0.4) is 0 Å². The molecule has 1 aromatic rings. The van der Waals surface area contributed by atoms with Crippen LogP contribution in [0, 0.1) is 11.3 Å². The van der Waals surface area contributed by atoms with Crippen molar-refractivity contribution in [1.82, 2.24) is 5.01 Å². The molecule has 0 aromatic heterocycles. The van der Waals surface area contributed by atoms with E-state index in [0.717, 1.165) is 25.1 Å². The van der Waals surface area contributed by atoms with Gasteiger partial charge >= 0.3 is 0 Å². The highest BCUT2D eigenvalue weighted by Crippen LogP contribution is 2.11. The van der Waals surface area contributed by atoms with Crippen molar-refractivity contribution in [2.75, 3.05) is 6.54 Å². The summed E-state index contributed by atoms with van der Waals surface area (Å²) in [5, 5.41) is 14.9. The molecule has 0 amide bonds. The summed E-state index contributed by atoms with van der Waals surface area (Å²) in [5.74, 6) is 0.687. The van der Waals surface area contributed by atoms with E-state index in [9.17, 15) is 0 Å². The summed E-state index contributed by atoms with van der Waals surface area (Å²) >= 11 is 0. The Labute approximate surface area is 88.6 Å². The minimum absolute atomic E-state index is 0.684. The fourth-order valence-electron chi connectivity index (χ4n) is 1.59. The Bertz CT molecular complexity index is 430. The lowest BCUT2D eigenvalue weighted by atomic mass is 10.1. The lowest BCUT2D eigenvalue weighted by Crippen LogP contribution is -2.13. The molecule has 0 aliphatic carbocycles. The quantitative estimate of drug-likeness (QED) is 0.775. The molecular formula is C11H12N4. The van der Waals surface area contributed by atoms with E-state index in [1.54, 1.807) is 6.07 Å². The molecule has 76 valence electrons. The predicted molar refractivity (Wildman–Crippen MR) is 57.8 cm³/mol. The van der Waals surface area contributed by atoms with Gasteiger partial charge in [-0.1, -0.05) is 12.1 Å². The van der Waals surface area contributed by atoms with Crippen LogP contribution in [-0.2, 0) is 6.54 Å². The first-order valence-corrected chi connectivity index (χ1v) is 4.85. The lowest BCUT2D eigenvalue weighted by molar-refractivity contribution is 0.310. The fraction of sp³-hybridized carbons (Fsp3) is 0.273. The molecule has 2 rings (SSSR count). The van der Waals surface area contributed by atoms with Gasteiger partial charge < -0.3 is 5.73 Å². The van der Waals surface area contributed by atoms with E-state index in [-0.39, 0.29) is 0 Å². The van der Waals surface area contributed by atoms with Gasteiger partial charge in [0.15, 0.2) is 0 Å². The van der Waals surface area contributed by atoms with Crippen LogP contribution < -0.4 is 5.73 Å². The Hall–Kier alpha value is -2.02. The normalized spacial score (nSPS) is 14.9. The molecule has 1 aromatic carbocycles. The van der Waals surface area contributed by atoms with Crippen molar-refractivity contribution in [3.8, 4) is 6.07 Å². The molecule has 0 saturated heterocycles. The molecule has 1 heterocycles. The van der Waals surface area contributed by atoms with Crippen LogP contribution >= 0.6 is 0 Å². The topological polar surface area (TPSA) is 65.4 Å². The molecule has 0 radical (unpaired) electrons. The van der Waals surface area contributed by atoms with Gasteiger partial charge in [-0.2, -0.15) is 10.4 Å². The number of hydrazone groups is 1. The summed E-state index contributed by atoms with van der Waals surface area (Å²) in [6.07, 6.45) is 0.831. The van der Waals surface area contributed by atoms with Crippen molar-refractivity contribution in [3.63, 3.8) is 0 Å². The Morgan fingerprint density at radius 3 is 3.07 bits per heavy atom. The van der Waals surface area contributed by atoms with Crippen LogP contribution in [0.15, 0.2) is 29.4 Å². The Balaban J connectivity index is 2.08. The Morgan fingerprint density at radius 2 is 2.40 bits per heavy atom. The number of nitrogens with zero attached hydrogens (tertiary/aromatic N) is 3. The zero-order valence-electron chi connectivity index (χ0n) is 8.35. The number of benzene rings is 1. The summed E-state index contributed by atoms with van der Waals surface area (Å²) in [4.78, 5) is 0. The van der Waals surface area contributed by atoms with Crippen LogP contribution in [0.1, 0.15) is 17.5 Å². The van der Waals surface area contributed by atoms with E-state index in [2.05, 4.69) is 11.2 Å². The van der Waals surface area contributed by atoms with E-state index in [1.807, 2.05) is 23.2 Å². The summed E-state index contributed by atoms with van der Waals surface area (Å²) in [6.45, 7) is 1.58. The molecule has 2 N–H and O–H groups in total. The third kappa shape index (κ3) is 2.26. The second-order valence-electron chi connectivity index (χ2n) is 3.54. The maximum absolute atomic E-state index is 8.75. The molecular weight excluding hydrogens is 188 g/mol. The number of hydrogen-bond donors (Lipinski definition) is 1. The fourth-order valence-corrected chi connectivity index (χ4v) is 1.59. The van der Waals surface area contributed by atoms with Gasteiger partial charge in [-0.3, -0.25) is 5.01 Å². The molecule has 0 fully saturated rings. The largest absolute Gasteiger partial charge is 0.386 e. The zero-order chi connectivity index (χ0) is 10.7. The van der Waals surface area contributed by atoms with Crippen molar-refractivity contribution in [2.24, 2.45) is 10.8 Å². The SMILES string of the molecule is N#Cc1cccc(CN2CCC(N)=N2)c1. The molecule has 0 bridgehead atoms. The number of rotatable bonds is 2. The molecule has 0 saturated carbocycles. The van der Waals surface area contributed by atoms with Gasteiger partial charge in [-0.15, -0.1) is 0 Å². The Kier molecular flexibility index (Phi) is 2.55. The maximum Gasteiger partial charge on any atom is 0.121 e. The minimum atomic E-state index is 0.684. The molecule has 4 heteroatoms. The van der Waals surface area contributed by atoms with Crippen LogP contribution in [0.25, 0.3) is 0 Å². The van der Waals surface area contributed by atoms with E-state index in [0.29, 0.717) is 11.4 Å². The van der Waals surface area contributed by atoms with Gasteiger partial charge in [-0.05, 0) is 17.7 Å². The second-order valence-corrected chi connectivity index (χ2v) is 3.54. The van der Waals surface area contributed by atoms with Crippen molar-refractivity contribution in [1.29, 1.82) is 5.26 Å². The highest BCUT2D eigenvalue weighted by molar-refractivity contribution is 5.81. The second kappa shape index (κ2) is 4.01. The van der Waals surface area contributed by atoms with E-state index in [4.69, 9.17) is 11.0 Å². The van der Waals surface area contributed by atoms with Crippen molar-refractivity contribution in [3.05, 3.63) is 35.4 Å². The third-order valence-corrected chi connectivity index (χ3v) is 2.32. The molecule has 15 heavy (non-hydrogen) atoms. The molecule has 0 unspecified atom stereocenters. The van der Waals surface area contributed by atoms with Gasteiger partial charge in [0.1, 0.15) is 5.84 Å². The summed E-state index contributed by atoms with van der Waals surface area (Å²) in [7, 11) is 0. The predicted octanol–water partition coefficient (Wildman–Crippen LogP) is 1.04. The zero-order valence-corrected chi connectivity index (χ0v) is 8.35. The van der Waals surface area contributed by atoms with Gasteiger partial charge in [0.2, 0.25) is 0 Å². The summed E-state index contributed by atoms with van der Waals surface area (Å²) in [6, 6.07) is 9.67. The first kappa shape index (κ1) is 9.53. The lowest BCUT2D eigenvalue weighted by Gasteiger charge is -2.12. The summed E-state index contributed by atoms with van der Waals surface area (Å²) < 4.78 is 0. The van der Waals surface area contributed by atoms with Crippen LogP contribution in [0.4, 0.5) is 0 Å². The highest BCUT2D eigenvalue weighted by Gasteiger charge is 2.11. The molecule has 1 aliphatic heterocycles. The number of nitriles is 1. The van der Waals surface area contributed by atoms with Crippen LogP contribution in [0.5, 0.6) is 0 Å². The first-order valence-electron chi connectivity index (χ1n) is 4.85. The molecule has 0 spiro atoms. The van der Waals surface area contributed by atoms with Gasteiger partial charge in [0.25, 0.3) is 0 Å². The van der Waals surface area contributed by atoms with Gasteiger partial charge in [0, 0.05) is 13.0 Å². The van der Waals surface area contributed by atoms with Crippen molar-refractivity contribution in [2.45, 2.75) is 13.0 Å². The van der Waals surface area contributed by atoms with Gasteiger partial charge in [-0.25, -0.2) is 0 Å². The number of nitrogens with two attached hydrogens (primary N) is 1. The standard InChI is InChI=1S/C11H12N4/c12-7-9-2-1-3-10(6-9)8-15-5-4-11(13)14-15/h1-3,6H,4-5,8H2,(H2,13,14). The smallest absolute Gasteiger partial charge is 0.121 e. The van der Waals surface area contributed by atoms with Gasteiger partial charge in [0.05, 0.1) is 18.2 Å². The van der Waals surface area contributed by atoms with E-state index in [1.165, 1.54) is 0 Å². The molecule has 1 aliphatic rings. The average Bonchev–Trinajstić information content (AvgIpc) is 2.64. The van der Waals surface area contributed by atoms with Crippen molar-refractivity contribution < 1.29 is 0 Å².